The Bertz CT molecular complexity index is 1660. The zero-order valence-corrected chi connectivity index (χ0v) is 23.0. The third kappa shape index (κ3) is 4.57. The first-order chi connectivity index (χ1) is 18.4. The number of carbonyl (C=O) groups excluding carboxylic acids is 1. The van der Waals surface area contributed by atoms with Gasteiger partial charge in [-0.1, -0.05) is 32.0 Å². The number of nitrogens with zero attached hydrogens (tertiary/aromatic N) is 4. The molecule has 2 aromatic heterocycles. The predicted octanol–water partition coefficient (Wildman–Crippen LogP) is 4.81. The van der Waals surface area contributed by atoms with E-state index in [0.29, 0.717) is 5.92 Å². The standard InChI is InChI=1S/C28H30N5O5P/c1-15(2)10-17-6-5-7-19-24(17)23-12-21(32-26(19)34)25-31-20-9-8-16(11-22(20)33(23)25)18-13-29-27(30-14-18)28(3,4)38-39(35,36)37/h5-9,11,13-15,21,23H,10,12H2,1-4H3,(H,32,34)(H2,35,36,37)/t21-,23+/m0/s1. The molecule has 4 heterocycles. The van der Waals surface area contributed by atoms with Crippen LogP contribution >= 0.6 is 7.82 Å². The van der Waals surface area contributed by atoms with Gasteiger partial charge in [0.25, 0.3) is 5.91 Å². The quantitative estimate of drug-likeness (QED) is 0.292. The number of hydrogen-bond acceptors (Lipinski definition) is 6. The molecule has 6 rings (SSSR count). The SMILES string of the molecule is CC(C)Cc1cccc2c1[C@H]1C[C@H](NC2=O)c2nc3ccc(-c4cnc(C(C)(C)OP(=O)(O)O)nc4)cc3n21. The second-order valence-corrected chi connectivity index (χ2v) is 12.3. The number of fused-ring (bicyclic) bond motifs is 9. The lowest BCUT2D eigenvalue weighted by Crippen LogP contribution is -2.28. The summed E-state index contributed by atoms with van der Waals surface area (Å²) in [6.07, 6.45) is 4.88. The summed E-state index contributed by atoms with van der Waals surface area (Å²) in [7, 11) is -4.72. The number of rotatable bonds is 6. The number of carbonyl (C=O) groups is 1. The van der Waals surface area contributed by atoms with Gasteiger partial charge in [0.15, 0.2) is 5.82 Å². The van der Waals surface area contributed by atoms with Gasteiger partial charge in [0.1, 0.15) is 11.4 Å². The van der Waals surface area contributed by atoms with Crippen molar-refractivity contribution in [3.05, 3.63) is 77.1 Å². The van der Waals surface area contributed by atoms with E-state index in [1.807, 2.05) is 24.3 Å². The minimum atomic E-state index is -4.72. The first kappa shape index (κ1) is 25.8. The topological polar surface area (TPSA) is 139 Å². The Morgan fingerprint density at radius 3 is 2.59 bits per heavy atom. The Kier molecular flexibility index (Phi) is 6.00. The van der Waals surface area contributed by atoms with E-state index in [9.17, 15) is 19.1 Å². The summed E-state index contributed by atoms with van der Waals surface area (Å²) in [5.41, 5.74) is 5.07. The van der Waals surface area contributed by atoms with Gasteiger partial charge in [0.05, 0.1) is 23.1 Å². The molecule has 0 saturated carbocycles. The van der Waals surface area contributed by atoms with Crippen molar-refractivity contribution in [2.24, 2.45) is 5.92 Å². The molecule has 2 aliphatic heterocycles. The maximum absolute atomic E-state index is 13.2. The number of aromatic nitrogens is 4. The minimum absolute atomic E-state index is 0.0154. The maximum Gasteiger partial charge on any atom is 0.470 e. The van der Waals surface area contributed by atoms with Crippen molar-refractivity contribution in [1.29, 1.82) is 0 Å². The molecule has 2 atom stereocenters. The van der Waals surface area contributed by atoms with Crippen LogP contribution in [0, 0.1) is 5.92 Å². The molecule has 0 unspecified atom stereocenters. The van der Waals surface area contributed by atoms with Crippen LogP contribution in [0.2, 0.25) is 0 Å². The van der Waals surface area contributed by atoms with Crippen molar-refractivity contribution in [3.8, 4) is 11.1 Å². The molecule has 0 aliphatic carbocycles. The monoisotopic (exact) mass is 547 g/mol. The molecule has 1 amide bonds. The van der Waals surface area contributed by atoms with E-state index in [1.165, 1.54) is 19.4 Å². The largest absolute Gasteiger partial charge is 0.470 e. The highest BCUT2D eigenvalue weighted by atomic mass is 31.2. The number of nitrogens with one attached hydrogen (secondary N) is 1. The first-order valence-electron chi connectivity index (χ1n) is 12.9. The molecule has 0 spiro atoms. The smallest absolute Gasteiger partial charge is 0.342 e. The van der Waals surface area contributed by atoms with Gasteiger partial charge >= 0.3 is 7.82 Å². The molecule has 2 bridgehead atoms. The van der Waals surface area contributed by atoms with Gasteiger partial charge in [-0.25, -0.2) is 19.5 Å². The minimum Gasteiger partial charge on any atom is -0.342 e. The second kappa shape index (κ2) is 9.06. The lowest BCUT2D eigenvalue weighted by molar-refractivity contribution is 0.0556. The van der Waals surface area contributed by atoms with Gasteiger partial charge < -0.3 is 19.7 Å². The number of phosphoric acid groups is 1. The highest BCUT2D eigenvalue weighted by Gasteiger charge is 2.41. The average Bonchev–Trinajstić information content (AvgIpc) is 3.34. The molecule has 2 aromatic carbocycles. The lowest BCUT2D eigenvalue weighted by Gasteiger charge is -2.23. The summed E-state index contributed by atoms with van der Waals surface area (Å²) in [5, 5.41) is 3.20. The number of hydrogen-bond donors (Lipinski definition) is 3. The fourth-order valence-corrected chi connectivity index (χ4v) is 6.53. The number of benzene rings is 2. The molecule has 2 aliphatic rings. The molecular weight excluding hydrogens is 517 g/mol. The normalized spacial score (nSPS) is 18.7. The summed E-state index contributed by atoms with van der Waals surface area (Å²) in [6, 6.07) is 11.8. The van der Waals surface area contributed by atoms with Crippen molar-refractivity contribution in [3.63, 3.8) is 0 Å². The van der Waals surface area contributed by atoms with E-state index in [-0.39, 0.29) is 23.8 Å². The van der Waals surface area contributed by atoms with E-state index >= 15 is 0 Å². The molecule has 0 saturated heterocycles. The Hall–Kier alpha value is -3.43. The average molecular weight is 548 g/mol. The zero-order chi connectivity index (χ0) is 27.7. The van der Waals surface area contributed by atoms with Crippen LogP contribution in [0.3, 0.4) is 0 Å². The summed E-state index contributed by atoms with van der Waals surface area (Å²) in [5.74, 6) is 1.42. The van der Waals surface area contributed by atoms with Gasteiger partial charge in [-0.3, -0.25) is 9.32 Å². The van der Waals surface area contributed by atoms with Gasteiger partial charge in [-0.2, -0.15) is 0 Å². The van der Waals surface area contributed by atoms with Crippen LogP contribution in [0.1, 0.15) is 79.3 Å². The molecule has 4 aromatic rings. The maximum atomic E-state index is 13.2. The third-order valence-electron chi connectivity index (χ3n) is 7.38. The van der Waals surface area contributed by atoms with Crippen LogP contribution in [0.5, 0.6) is 0 Å². The predicted molar refractivity (Wildman–Crippen MR) is 145 cm³/mol. The van der Waals surface area contributed by atoms with Gasteiger partial charge in [-0.15, -0.1) is 0 Å². The van der Waals surface area contributed by atoms with Crippen LogP contribution in [0.15, 0.2) is 48.8 Å². The van der Waals surface area contributed by atoms with Crippen molar-refractivity contribution in [2.75, 3.05) is 0 Å². The molecule has 202 valence electrons. The van der Waals surface area contributed by atoms with E-state index in [2.05, 4.69) is 45.8 Å². The molecule has 11 heteroatoms. The Balaban J connectivity index is 1.43. The molecule has 3 N–H and O–H groups in total. The van der Waals surface area contributed by atoms with Crippen LogP contribution in [0.25, 0.3) is 22.2 Å². The summed E-state index contributed by atoms with van der Waals surface area (Å²) in [4.78, 5) is 45.2. The van der Waals surface area contributed by atoms with Crippen molar-refractivity contribution >= 4 is 24.8 Å². The Labute approximate surface area is 225 Å². The summed E-state index contributed by atoms with van der Waals surface area (Å²) < 4.78 is 18.5. The zero-order valence-electron chi connectivity index (χ0n) is 22.1. The molecule has 39 heavy (non-hydrogen) atoms. The van der Waals surface area contributed by atoms with E-state index < -0.39 is 13.4 Å². The second-order valence-electron chi connectivity index (χ2n) is 11.2. The van der Waals surface area contributed by atoms with E-state index in [0.717, 1.165) is 52.0 Å². The molecule has 0 radical (unpaired) electrons. The van der Waals surface area contributed by atoms with Gasteiger partial charge in [0.2, 0.25) is 0 Å². The van der Waals surface area contributed by atoms with Crippen molar-refractivity contribution in [2.45, 2.75) is 58.2 Å². The van der Waals surface area contributed by atoms with E-state index in [4.69, 9.17) is 9.51 Å². The molecule has 0 fully saturated rings. The lowest BCUT2D eigenvalue weighted by atomic mass is 9.89. The van der Waals surface area contributed by atoms with Crippen LogP contribution in [-0.2, 0) is 21.1 Å². The fraction of sp³-hybridized carbons (Fsp3) is 0.357. The van der Waals surface area contributed by atoms with Gasteiger partial charge in [0, 0.05) is 23.5 Å². The van der Waals surface area contributed by atoms with Crippen LogP contribution in [0.4, 0.5) is 0 Å². The molecule has 10 nitrogen and oxygen atoms in total. The van der Waals surface area contributed by atoms with Gasteiger partial charge in [-0.05, 0) is 67.5 Å². The van der Waals surface area contributed by atoms with Crippen LogP contribution < -0.4 is 5.32 Å². The van der Waals surface area contributed by atoms with Crippen LogP contribution in [-0.4, -0.2) is 35.2 Å². The fourth-order valence-electron chi connectivity index (χ4n) is 5.85. The number of imidazole rings is 1. The van der Waals surface area contributed by atoms with E-state index in [1.54, 1.807) is 12.4 Å². The summed E-state index contributed by atoms with van der Waals surface area (Å²) >= 11 is 0. The third-order valence-corrected chi connectivity index (χ3v) is 8.07. The van der Waals surface area contributed by atoms with Crippen molar-refractivity contribution in [1.82, 2.24) is 24.8 Å². The number of phosphoric ester groups is 1. The highest BCUT2D eigenvalue weighted by molar-refractivity contribution is 7.46. The number of amides is 1. The highest BCUT2D eigenvalue weighted by Crippen LogP contribution is 2.47. The van der Waals surface area contributed by atoms with Crippen molar-refractivity contribution < 1.29 is 23.7 Å². The Morgan fingerprint density at radius 1 is 1.15 bits per heavy atom. The molecular formula is C28H30N5O5P. The first-order valence-corrected chi connectivity index (χ1v) is 14.5. The Morgan fingerprint density at radius 2 is 1.90 bits per heavy atom. The summed E-state index contributed by atoms with van der Waals surface area (Å²) in [6.45, 7) is 7.39.